The third kappa shape index (κ3) is 5.08. The smallest absolute Gasteiger partial charge is 0.256 e. The zero-order valence-electron chi connectivity index (χ0n) is 17.4. The predicted octanol–water partition coefficient (Wildman–Crippen LogP) is 4.43. The quantitative estimate of drug-likeness (QED) is 0.743. The van der Waals surface area contributed by atoms with Crippen molar-refractivity contribution in [3.05, 3.63) is 64.9 Å². The van der Waals surface area contributed by atoms with Gasteiger partial charge in [-0.05, 0) is 49.1 Å². The van der Waals surface area contributed by atoms with Gasteiger partial charge in [0.15, 0.2) is 0 Å². The lowest BCUT2D eigenvalue weighted by atomic mass is 9.94. The first-order valence-corrected chi connectivity index (χ1v) is 11.2. The Morgan fingerprint density at radius 1 is 1.00 bits per heavy atom. The second kappa shape index (κ2) is 9.79. The van der Waals surface area contributed by atoms with Crippen molar-refractivity contribution in [1.29, 1.82) is 0 Å². The van der Waals surface area contributed by atoms with E-state index in [1.54, 1.807) is 29.2 Å². The van der Waals surface area contributed by atoms with Crippen LogP contribution in [0.25, 0.3) is 0 Å². The number of anilines is 1. The van der Waals surface area contributed by atoms with Crippen LogP contribution in [0.2, 0.25) is 5.02 Å². The largest absolute Gasteiger partial charge is 0.336 e. The normalized spacial score (nSPS) is 18.7. The highest BCUT2D eigenvalue weighted by Crippen LogP contribution is 2.32. The fourth-order valence-corrected chi connectivity index (χ4v) is 4.93. The molecule has 0 spiro atoms. The zero-order valence-corrected chi connectivity index (χ0v) is 18.2. The number of hydrogen-bond acceptors (Lipinski definition) is 3. The Morgan fingerprint density at radius 3 is 2.39 bits per heavy atom. The highest BCUT2D eigenvalue weighted by Gasteiger charge is 2.37. The van der Waals surface area contributed by atoms with Crippen LogP contribution in [0.3, 0.4) is 0 Å². The minimum absolute atomic E-state index is 0.0250. The Kier molecular flexibility index (Phi) is 6.88. The summed E-state index contributed by atoms with van der Waals surface area (Å²) >= 11 is 6.07. The highest BCUT2D eigenvalue weighted by molar-refractivity contribution is 6.30. The van der Waals surface area contributed by atoms with Gasteiger partial charge in [-0.1, -0.05) is 42.6 Å². The molecule has 1 N–H and O–H groups in total. The van der Waals surface area contributed by atoms with Gasteiger partial charge in [-0.2, -0.15) is 0 Å². The summed E-state index contributed by atoms with van der Waals surface area (Å²) in [6.07, 6.45) is 4.33. The molecule has 1 aliphatic heterocycles. The summed E-state index contributed by atoms with van der Waals surface area (Å²) in [5.74, 6) is -0.519. The number of amides is 2. The van der Waals surface area contributed by atoms with E-state index < -0.39 is 5.82 Å². The van der Waals surface area contributed by atoms with E-state index in [2.05, 4.69) is 10.2 Å². The lowest BCUT2D eigenvalue weighted by Gasteiger charge is -2.40. The summed E-state index contributed by atoms with van der Waals surface area (Å²) in [5, 5.41) is 3.61. The molecule has 1 saturated carbocycles. The average molecular weight is 444 g/mol. The summed E-state index contributed by atoms with van der Waals surface area (Å²) in [4.78, 5) is 29.9. The van der Waals surface area contributed by atoms with Gasteiger partial charge in [0.1, 0.15) is 5.82 Å². The summed E-state index contributed by atoms with van der Waals surface area (Å²) < 4.78 is 14.0. The van der Waals surface area contributed by atoms with Gasteiger partial charge in [0, 0.05) is 36.9 Å². The number of piperazine rings is 1. The van der Waals surface area contributed by atoms with Gasteiger partial charge in [-0.25, -0.2) is 4.39 Å². The van der Waals surface area contributed by atoms with Crippen LogP contribution in [0.5, 0.6) is 0 Å². The molecule has 0 radical (unpaired) electrons. The molecule has 1 aliphatic carbocycles. The number of carbonyl (C=O) groups is 2. The van der Waals surface area contributed by atoms with Crippen molar-refractivity contribution in [1.82, 2.24) is 9.80 Å². The molecule has 0 unspecified atom stereocenters. The number of carbonyl (C=O) groups excluding carboxylic acids is 2. The van der Waals surface area contributed by atoms with Crippen LogP contribution >= 0.6 is 11.6 Å². The molecule has 0 aromatic heterocycles. The SMILES string of the molecule is O=C(Nc1cccc(Cl)c1)[C@@H](C1CCCC1)N1CCN(C(=O)c2ccccc2F)CC1. The van der Waals surface area contributed by atoms with Crippen LogP contribution in [-0.2, 0) is 4.79 Å². The van der Waals surface area contributed by atoms with Crippen LogP contribution in [0.4, 0.5) is 10.1 Å². The molecule has 2 fully saturated rings. The van der Waals surface area contributed by atoms with E-state index in [0.717, 1.165) is 25.7 Å². The molecule has 2 aromatic rings. The zero-order chi connectivity index (χ0) is 21.8. The Balaban J connectivity index is 1.44. The Morgan fingerprint density at radius 2 is 1.71 bits per heavy atom. The molecule has 1 saturated heterocycles. The van der Waals surface area contributed by atoms with Gasteiger partial charge in [0.05, 0.1) is 11.6 Å². The minimum atomic E-state index is -0.500. The summed E-state index contributed by atoms with van der Waals surface area (Å²) in [6.45, 7) is 2.12. The lowest BCUT2D eigenvalue weighted by Crippen LogP contribution is -2.57. The molecule has 7 heteroatoms. The number of benzene rings is 2. The average Bonchev–Trinajstić information content (AvgIpc) is 3.28. The summed E-state index contributed by atoms with van der Waals surface area (Å²) in [7, 11) is 0. The Hall–Kier alpha value is -2.44. The molecule has 4 rings (SSSR count). The molecule has 2 aliphatic rings. The molecular formula is C24H27ClFN3O2. The summed E-state index contributed by atoms with van der Waals surface area (Å²) in [5.41, 5.74) is 0.788. The molecule has 164 valence electrons. The maximum absolute atomic E-state index is 14.0. The van der Waals surface area contributed by atoms with E-state index in [0.29, 0.717) is 42.8 Å². The molecule has 31 heavy (non-hydrogen) atoms. The van der Waals surface area contributed by atoms with Crippen LogP contribution < -0.4 is 5.32 Å². The molecule has 1 heterocycles. The van der Waals surface area contributed by atoms with Crippen molar-refractivity contribution >= 4 is 29.1 Å². The first-order valence-electron chi connectivity index (χ1n) is 10.9. The van der Waals surface area contributed by atoms with Crippen molar-refractivity contribution in [3.63, 3.8) is 0 Å². The van der Waals surface area contributed by atoms with Crippen molar-refractivity contribution in [3.8, 4) is 0 Å². The monoisotopic (exact) mass is 443 g/mol. The van der Waals surface area contributed by atoms with Crippen molar-refractivity contribution < 1.29 is 14.0 Å². The first kappa shape index (κ1) is 21.8. The molecular weight excluding hydrogens is 417 g/mol. The Labute approximate surface area is 187 Å². The minimum Gasteiger partial charge on any atom is -0.336 e. The number of halogens is 2. The third-order valence-electron chi connectivity index (χ3n) is 6.31. The number of nitrogens with one attached hydrogen (secondary N) is 1. The van der Waals surface area contributed by atoms with Crippen LogP contribution in [-0.4, -0.2) is 53.8 Å². The van der Waals surface area contributed by atoms with Crippen molar-refractivity contribution in [2.75, 3.05) is 31.5 Å². The van der Waals surface area contributed by atoms with Gasteiger partial charge in [-0.15, -0.1) is 0 Å². The number of rotatable bonds is 5. The fourth-order valence-electron chi connectivity index (χ4n) is 4.74. The second-order valence-corrected chi connectivity index (χ2v) is 8.73. The fraction of sp³-hybridized carbons (Fsp3) is 0.417. The van der Waals surface area contributed by atoms with Crippen molar-refractivity contribution in [2.24, 2.45) is 5.92 Å². The molecule has 1 atom stereocenters. The summed E-state index contributed by atoms with van der Waals surface area (Å²) in [6, 6.07) is 13.0. The van der Waals surface area contributed by atoms with E-state index in [1.165, 1.54) is 12.1 Å². The maximum atomic E-state index is 14.0. The standard InChI is InChI=1S/C24H27ClFN3O2/c25-18-8-5-9-19(16-18)27-23(30)22(17-6-1-2-7-17)28-12-14-29(15-13-28)24(31)20-10-3-4-11-21(20)26/h3-5,8-11,16-17,22H,1-2,6-7,12-15H2,(H,27,30)/t22-/m1/s1. The highest BCUT2D eigenvalue weighted by atomic mass is 35.5. The van der Waals surface area contributed by atoms with Gasteiger partial charge in [0.2, 0.25) is 5.91 Å². The van der Waals surface area contributed by atoms with Gasteiger partial charge in [-0.3, -0.25) is 14.5 Å². The molecule has 2 amide bonds. The van der Waals surface area contributed by atoms with E-state index in [4.69, 9.17) is 11.6 Å². The lowest BCUT2D eigenvalue weighted by molar-refractivity contribution is -0.123. The third-order valence-corrected chi connectivity index (χ3v) is 6.54. The van der Waals surface area contributed by atoms with E-state index in [1.807, 2.05) is 12.1 Å². The number of nitrogens with zero attached hydrogens (tertiary/aromatic N) is 2. The van der Waals surface area contributed by atoms with E-state index in [9.17, 15) is 14.0 Å². The van der Waals surface area contributed by atoms with E-state index in [-0.39, 0.29) is 23.4 Å². The van der Waals surface area contributed by atoms with Crippen molar-refractivity contribution in [2.45, 2.75) is 31.7 Å². The van der Waals surface area contributed by atoms with Gasteiger partial charge < -0.3 is 10.2 Å². The number of hydrogen-bond donors (Lipinski definition) is 1. The van der Waals surface area contributed by atoms with E-state index >= 15 is 0 Å². The topological polar surface area (TPSA) is 52.7 Å². The molecule has 5 nitrogen and oxygen atoms in total. The predicted molar refractivity (Wildman–Crippen MR) is 120 cm³/mol. The van der Waals surface area contributed by atoms with Gasteiger partial charge >= 0.3 is 0 Å². The maximum Gasteiger partial charge on any atom is 0.256 e. The van der Waals surface area contributed by atoms with Crippen LogP contribution in [0.1, 0.15) is 36.0 Å². The van der Waals surface area contributed by atoms with Crippen LogP contribution in [0.15, 0.2) is 48.5 Å². The molecule has 2 aromatic carbocycles. The van der Waals surface area contributed by atoms with Gasteiger partial charge in [0.25, 0.3) is 5.91 Å². The Bertz CT molecular complexity index is 940. The first-order chi connectivity index (χ1) is 15.0. The molecule has 0 bridgehead atoms. The van der Waals surface area contributed by atoms with Crippen LogP contribution in [0, 0.1) is 11.7 Å². The second-order valence-electron chi connectivity index (χ2n) is 8.30.